The molecule has 0 spiro atoms. The highest BCUT2D eigenvalue weighted by Gasteiger charge is 2.10. The van der Waals surface area contributed by atoms with Crippen LogP contribution in [0.4, 0.5) is 5.82 Å². The lowest BCUT2D eigenvalue weighted by Gasteiger charge is -2.17. The van der Waals surface area contributed by atoms with Gasteiger partial charge in [0.15, 0.2) is 0 Å². The summed E-state index contributed by atoms with van der Waals surface area (Å²) < 4.78 is 0. The Balaban J connectivity index is 1.64. The van der Waals surface area contributed by atoms with Gasteiger partial charge in [0, 0.05) is 31.7 Å². The molecule has 0 saturated heterocycles. The van der Waals surface area contributed by atoms with Crippen LogP contribution in [-0.4, -0.2) is 48.1 Å². The number of carboxylic acid groups (broad SMARTS) is 1. The summed E-state index contributed by atoms with van der Waals surface area (Å²) in [6.45, 7) is 1.97. The van der Waals surface area contributed by atoms with Crippen molar-refractivity contribution in [2.45, 2.75) is 25.7 Å². The molecule has 0 aliphatic carbocycles. The molecule has 0 bridgehead atoms. The molecule has 1 amide bonds. The highest BCUT2D eigenvalue weighted by atomic mass is 16.4. The first-order chi connectivity index (χ1) is 10.6. The fourth-order valence-electron chi connectivity index (χ4n) is 2.30. The van der Waals surface area contributed by atoms with E-state index < -0.39 is 5.97 Å². The van der Waals surface area contributed by atoms with Crippen molar-refractivity contribution in [3.05, 3.63) is 23.4 Å². The van der Waals surface area contributed by atoms with Gasteiger partial charge in [-0.3, -0.25) is 9.59 Å². The third kappa shape index (κ3) is 5.33. The number of carboxylic acids is 1. The number of rotatable bonds is 8. The Morgan fingerprint density at radius 2 is 2.18 bits per heavy atom. The summed E-state index contributed by atoms with van der Waals surface area (Å²) in [6, 6.07) is 4.14. The molecule has 1 aliphatic heterocycles. The van der Waals surface area contributed by atoms with Crippen LogP contribution >= 0.6 is 0 Å². The minimum atomic E-state index is -0.916. The molecule has 0 saturated carbocycles. The summed E-state index contributed by atoms with van der Waals surface area (Å²) in [6.07, 6.45) is 2.91. The lowest BCUT2D eigenvalue weighted by molar-refractivity contribution is -0.136. The Hall–Kier alpha value is -2.15. The van der Waals surface area contributed by atoms with E-state index in [0.717, 1.165) is 37.3 Å². The molecule has 2 rings (SSSR count). The highest BCUT2D eigenvalue weighted by molar-refractivity contribution is 5.78. The van der Waals surface area contributed by atoms with Crippen LogP contribution in [0.25, 0.3) is 0 Å². The molecule has 2 heterocycles. The molecule has 1 aliphatic rings. The maximum atomic E-state index is 11.4. The topological polar surface area (TPSA) is 103 Å². The molecule has 7 nitrogen and oxygen atoms in total. The average molecular weight is 306 g/mol. The predicted octanol–water partition coefficient (Wildman–Crippen LogP) is 0.163. The molecule has 0 aromatic carbocycles. The van der Waals surface area contributed by atoms with Gasteiger partial charge in [-0.1, -0.05) is 6.07 Å². The van der Waals surface area contributed by atoms with Gasteiger partial charge in [0.2, 0.25) is 5.91 Å². The second kappa shape index (κ2) is 8.33. The fourth-order valence-corrected chi connectivity index (χ4v) is 2.30. The molecular weight excluding hydrogens is 284 g/mol. The van der Waals surface area contributed by atoms with Gasteiger partial charge in [-0.2, -0.15) is 0 Å². The van der Waals surface area contributed by atoms with Gasteiger partial charge in [0.05, 0.1) is 13.0 Å². The number of anilines is 1. The van der Waals surface area contributed by atoms with E-state index in [4.69, 9.17) is 5.11 Å². The maximum absolute atomic E-state index is 11.4. The van der Waals surface area contributed by atoms with Crippen molar-refractivity contribution in [3.8, 4) is 0 Å². The van der Waals surface area contributed by atoms with Gasteiger partial charge in [-0.05, 0) is 24.5 Å². The fraction of sp³-hybridized carbons (Fsp3) is 0.533. The largest absolute Gasteiger partial charge is 0.481 e. The number of hydrogen-bond acceptors (Lipinski definition) is 5. The molecule has 0 fully saturated rings. The van der Waals surface area contributed by atoms with Crippen molar-refractivity contribution in [2.24, 2.45) is 0 Å². The normalized spacial score (nSPS) is 13.1. The third-order valence-electron chi connectivity index (χ3n) is 3.46. The van der Waals surface area contributed by atoms with Gasteiger partial charge in [0.1, 0.15) is 5.82 Å². The number of hydrogen-bond donors (Lipinski definition) is 4. The first-order valence-electron chi connectivity index (χ1n) is 7.57. The molecule has 1 aromatic rings. The number of aliphatic carboxylic acids is 1. The Kier molecular flexibility index (Phi) is 6.14. The molecule has 7 heteroatoms. The zero-order chi connectivity index (χ0) is 15.8. The van der Waals surface area contributed by atoms with E-state index in [1.807, 2.05) is 6.07 Å². The zero-order valence-corrected chi connectivity index (χ0v) is 12.5. The first kappa shape index (κ1) is 16.2. The summed E-state index contributed by atoms with van der Waals surface area (Å²) in [5, 5.41) is 17.3. The van der Waals surface area contributed by atoms with Gasteiger partial charge in [0.25, 0.3) is 0 Å². The van der Waals surface area contributed by atoms with Gasteiger partial charge in [-0.25, -0.2) is 4.98 Å². The van der Waals surface area contributed by atoms with E-state index in [1.54, 1.807) is 0 Å². The number of nitrogens with one attached hydrogen (secondary N) is 3. The quantitative estimate of drug-likeness (QED) is 0.510. The van der Waals surface area contributed by atoms with Crippen LogP contribution in [-0.2, 0) is 22.4 Å². The zero-order valence-electron chi connectivity index (χ0n) is 12.5. The first-order valence-corrected chi connectivity index (χ1v) is 7.57. The summed E-state index contributed by atoms with van der Waals surface area (Å²) in [5.74, 6) is -0.128. The monoisotopic (exact) mass is 306 g/mol. The number of nitrogens with zero attached hydrogens (tertiary/aromatic N) is 1. The van der Waals surface area contributed by atoms with E-state index in [1.165, 1.54) is 5.56 Å². The van der Waals surface area contributed by atoms with Crippen LogP contribution in [0.15, 0.2) is 12.1 Å². The van der Waals surface area contributed by atoms with Crippen molar-refractivity contribution in [1.29, 1.82) is 0 Å². The van der Waals surface area contributed by atoms with E-state index in [-0.39, 0.29) is 25.4 Å². The minimum absolute atomic E-state index is 0.0578. The summed E-state index contributed by atoms with van der Waals surface area (Å²) in [7, 11) is 0. The van der Waals surface area contributed by atoms with Gasteiger partial charge < -0.3 is 21.1 Å². The molecule has 0 atom stereocenters. The van der Waals surface area contributed by atoms with Crippen molar-refractivity contribution in [3.63, 3.8) is 0 Å². The maximum Gasteiger partial charge on any atom is 0.305 e. The van der Waals surface area contributed by atoms with Gasteiger partial charge in [-0.15, -0.1) is 0 Å². The second-order valence-electron chi connectivity index (χ2n) is 5.26. The number of aryl methyl sites for hydroxylation is 1. The Labute approximate surface area is 129 Å². The van der Waals surface area contributed by atoms with Crippen LogP contribution in [0.3, 0.4) is 0 Å². The van der Waals surface area contributed by atoms with Crippen LogP contribution in [0.1, 0.15) is 24.1 Å². The summed E-state index contributed by atoms with van der Waals surface area (Å²) in [4.78, 5) is 26.3. The van der Waals surface area contributed by atoms with Gasteiger partial charge >= 0.3 is 5.97 Å². The van der Waals surface area contributed by atoms with Crippen molar-refractivity contribution in [1.82, 2.24) is 15.6 Å². The smallest absolute Gasteiger partial charge is 0.305 e. The lowest BCUT2D eigenvalue weighted by atomic mass is 10.1. The molecular formula is C15H22N4O3. The van der Waals surface area contributed by atoms with Crippen LogP contribution in [0.5, 0.6) is 0 Å². The number of pyridine rings is 1. The number of carbonyl (C=O) groups excluding carboxylic acids is 1. The SMILES string of the molecule is O=C(O)CCNC(=O)CNCCc1ccc2c(n1)NCCC2. The number of carbonyl (C=O) groups is 2. The standard InChI is InChI=1S/C15H22N4O3/c20-13(17-9-6-14(21)22)10-16-8-5-12-4-3-11-2-1-7-18-15(11)19-12/h3-4,16H,1-2,5-10H2,(H,17,20)(H,18,19)(H,21,22). The highest BCUT2D eigenvalue weighted by Crippen LogP contribution is 2.19. The van der Waals surface area contributed by atoms with Crippen LogP contribution < -0.4 is 16.0 Å². The summed E-state index contributed by atoms with van der Waals surface area (Å²) >= 11 is 0. The van der Waals surface area contributed by atoms with Crippen molar-refractivity contribution < 1.29 is 14.7 Å². The Morgan fingerprint density at radius 3 is 3.00 bits per heavy atom. The molecule has 4 N–H and O–H groups in total. The Morgan fingerprint density at radius 1 is 1.32 bits per heavy atom. The van der Waals surface area contributed by atoms with E-state index in [2.05, 4.69) is 27.0 Å². The lowest BCUT2D eigenvalue weighted by Crippen LogP contribution is -2.35. The minimum Gasteiger partial charge on any atom is -0.481 e. The van der Waals surface area contributed by atoms with E-state index >= 15 is 0 Å². The molecule has 0 radical (unpaired) electrons. The van der Waals surface area contributed by atoms with Crippen LogP contribution in [0.2, 0.25) is 0 Å². The molecule has 120 valence electrons. The summed E-state index contributed by atoms with van der Waals surface area (Å²) in [5.41, 5.74) is 2.26. The Bertz CT molecular complexity index is 534. The van der Waals surface area contributed by atoms with Crippen LogP contribution in [0, 0.1) is 0 Å². The predicted molar refractivity (Wildman–Crippen MR) is 82.9 cm³/mol. The van der Waals surface area contributed by atoms with E-state index in [0.29, 0.717) is 6.54 Å². The van der Waals surface area contributed by atoms with Crippen molar-refractivity contribution >= 4 is 17.7 Å². The van der Waals surface area contributed by atoms with E-state index in [9.17, 15) is 9.59 Å². The molecule has 0 unspecified atom stereocenters. The number of aromatic nitrogens is 1. The second-order valence-corrected chi connectivity index (χ2v) is 5.26. The number of amides is 1. The average Bonchev–Trinajstić information content (AvgIpc) is 2.51. The van der Waals surface area contributed by atoms with Crippen molar-refractivity contribution in [2.75, 3.05) is 31.5 Å². The molecule has 1 aromatic heterocycles. The third-order valence-corrected chi connectivity index (χ3v) is 3.46. The number of fused-ring (bicyclic) bond motifs is 1. The molecule has 22 heavy (non-hydrogen) atoms.